The van der Waals surface area contributed by atoms with Crippen molar-refractivity contribution < 1.29 is 29.3 Å². The predicted octanol–water partition coefficient (Wildman–Crippen LogP) is 2.30. The normalized spacial score (nSPS) is 19.1. The number of carboxylic acids is 1. The van der Waals surface area contributed by atoms with Crippen LogP contribution in [0.2, 0.25) is 0 Å². The Kier molecular flexibility index (Phi) is 7.20. The number of fused-ring (bicyclic) bond motifs is 3. The number of aliphatic hydroxyl groups is 1. The fourth-order valence-corrected chi connectivity index (χ4v) is 5.17. The summed E-state index contributed by atoms with van der Waals surface area (Å²) in [6.07, 6.45) is -1.28. The summed E-state index contributed by atoms with van der Waals surface area (Å²) in [7, 11) is 0. The second-order valence-corrected chi connectivity index (χ2v) is 9.20. The number of aliphatic hydroxyl groups excluding tert-OH is 1. The molecule has 9 heteroatoms. The van der Waals surface area contributed by atoms with Crippen molar-refractivity contribution in [2.24, 2.45) is 0 Å². The highest BCUT2D eigenvalue weighted by molar-refractivity contribution is 7.99. The molecule has 1 saturated heterocycles. The first kappa shape index (κ1) is 23.1. The number of rotatable bonds is 8. The second-order valence-electron chi connectivity index (χ2n) is 8.09. The van der Waals surface area contributed by atoms with Gasteiger partial charge < -0.3 is 25.2 Å². The van der Waals surface area contributed by atoms with Gasteiger partial charge in [-0.2, -0.15) is 11.8 Å². The molecule has 2 aromatic rings. The van der Waals surface area contributed by atoms with E-state index in [1.165, 1.54) is 27.8 Å². The highest BCUT2D eigenvalue weighted by Crippen LogP contribution is 2.44. The quantitative estimate of drug-likeness (QED) is 0.507. The second kappa shape index (κ2) is 10.3. The zero-order chi connectivity index (χ0) is 23.4. The fourth-order valence-electron chi connectivity index (χ4n) is 4.44. The van der Waals surface area contributed by atoms with Crippen molar-refractivity contribution in [1.29, 1.82) is 0 Å². The molecule has 0 unspecified atom stereocenters. The number of hydrogen-bond acceptors (Lipinski definition) is 6. The first-order valence-electron chi connectivity index (χ1n) is 10.8. The van der Waals surface area contributed by atoms with Crippen LogP contribution in [0.5, 0.6) is 0 Å². The van der Waals surface area contributed by atoms with Crippen LogP contribution in [0.1, 0.15) is 23.5 Å². The summed E-state index contributed by atoms with van der Waals surface area (Å²) in [6.45, 7) is 0.591. The Balaban J connectivity index is 1.19. The highest BCUT2D eigenvalue weighted by Gasteiger charge is 2.38. The number of nitrogens with zero attached hydrogens (tertiary/aromatic N) is 1. The summed E-state index contributed by atoms with van der Waals surface area (Å²) in [5.41, 5.74) is 4.62. The van der Waals surface area contributed by atoms with Crippen molar-refractivity contribution in [2.45, 2.75) is 24.5 Å². The van der Waals surface area contributed by atoms with Gasteiger partial charge in [-0.05, 0) is 22.3 Å². The lowest BCUT2D eigenvalue weighted by atomic mass is 9.98. The molecule has 174 valence electrons. The lowest BCUT2D eigenvalue weighted by molar-refractivity contribution is -0.147. The molecule has 2 aromatic carbocycles. The van der Waals surface area contributed by atoms with Crippen LogP contribution in [0.4, 0.5) is 4.79 Å². The number of carbonyl (C=O) groups excluding carboxylic acids is 2. The van der Waals surface area contributed by atoms with Crippen LogP contribution in [-0.4, -0.2) is 76.4 Å². The van der Waals surface area contributed by atoms with Crippen LogP contribution in [0.3, 0.4) is 0 Å². The molecule has 3 N–H and O–H groups in total. The maximum atomic E-state index is 12.3. The standard InChI is InChI=1S/C24H26N2O6S/c27-15-11-21(23(29)30)26(12-15)22(28)14-33-10-9-25-24(31)32-13-20-18-7-3-1-5-16(18)17-6-2-4-8-19(17)20/h1-8,15,20-21,27H,9-14H2,(H,25,31)(H,29,30)/t15-,21-/m0/s1. The molecule has 2 amide bonds. The molecule has 1 aliphatic carbocycles. The topological polar surface area (TPSA) is 116 Å². The largest absolute Gasteiger partial charge is 0.480 e. The molecular weight excluding hydrogens is 444 g/mol. The van der Waals surface area contributed by atoms with Crippen molar-refractivity contribution in [2.75, 3.05) is 31.2 Å². The van der Waals surface area contributed by atoms with Gasteiger partial charge in [-0.1, -0.05) is 48.5 Å². The van der Waals surface area contributed by atoms with E-state index in [1.807, 2.05) is 24.3 Å². The third kappa shape index (κ3) is 5.15. The zero-order valence-electron chi connectivity index (χ0n) is 18.0. The average Bonchev–Trinajstić information content (AvgIpc) is 3.36. The number of β-amino-alcohol motifs (C(OH)–C–C–N with tert-alkyl or cyclic N) is 1. The number of carboxylic acid groups (broad SMARTS) is 1. The third-order valence-corrected chi connectivity index (χ3v) is 6.91. The lowest BCUT2D eigenvalue weighted by Crippen LogP contribution is -2.41. The zero-order valence-corrected chi connectivity index (χ0v) is 18.8. The van der Waals surface area contributed by atoms with Crippen LogP contribution in [0.15, 0.2) is 48.5 Å². The monoisotopic (exact) mass is 470 g/mol. The molecule has 8 nitrogen and oxygen atoms in total. The summed E-state index contributed by atoms with van der Waals surface area (Å²) in [4.78, 5) is 36.9. The minimum atomic E-state index is -1.11. The van der Waals surface area contributed by atoms with E-state index >= 15 is 0 Å². The number of amides is 2. The lowest BCUT2D eigenvalue weighted by Gasteiger charge is -2.20. The van der Waals surface area contributed by atoms with Gasteiger partial charge in [0.2, 0.25) is 5.91 Å². The van der Waals surface area contributed by atoms with Gasteiger partial charge in [0.05, 0.1) is 11.9 Å². The van der Waals surface area contributed by atoms with Crippen LogP contribution in [0.25, 0.3) is 11.1 Å². The third-order valence-electron chi connectivity index (χ3n) is 5.97. The molecule has 0 bridgehead atoms. The summed E-state index contributed by atoms with van der Waals surface area (Å²) in [5, 5.41) is 21.5. The maximum Gasteiger partial charge on any atom is 0.407 e. The number of thioether (sulfide) groups is 1. The fraction of sp³-hybridized carbons (Fsp3) is 0.375. The van der Waals surface area contributed by atoms with E-state index in [0.717, 1.165) is 11.1 Å². The number of likely N-dealkylation sites (tertiary alicyclic amines) is 1. The minimum absolute atomic E-state index is 0.00635. The average molecular weight is 471 g/mol. The van der Waals surface area contributed by atoms with Crippen molar-refractivity contribution in [3.05, 3.63) is 59.7 Å². The van der Waals surface area contributed by atoms with Gasteiger partial charge in [0, 0.05) is 31.2 Å². The smallest absolute Gasteiger partial charge is 0.407 e. The Morgan fingerprint density at radius 1 is 1.06 bits per heavy atom. The molecule has 0 aromatic heterocycles. The number of nitrogens with one attached hydrogen (secondary N) is 1. The predicted molar refractivity (Wildman–Crippen MR) is 124 cm³/mol. The van der Waals surface area contributed by atoms with Crippen molar-refractivity contribution in [3.63, 3.8) is 0 Å². The van der Waals surface area contributed by atoms with Crippen LogP contribution >= 0.6 is 11.8 Å². The van der Waals surface area contributed by atoms with E-state index in [2.05, 4.69) is 29.6 Å². The number of alkyl carbamates (subject to hydrolysis) is 1. The Bertz CT molecular complexity index is 1000. The van der Waals surface area contributed by atoms with Crippen molar-refractivity contribution >= 4 is 29.7 Å². The Morgan fingerprint density at radius 3 is 2.33 bits per heavy atom. The maximum absolute atomic E-state index is 12.3. The van der Waals surface area contributed by atoms with Gasteiger partial charge >= 0.3 is 12.1 Å². The van der Waals surface area contributed by atoms with Crippen LogP contribution in [-0.2, 0) is 14.3 Å². The molecule has 0 spiro atoms. The van der Waals surface area contributed by atoms with E-state index < -0.39 is 24.2 Å². The molecule has 0 saturated carbocycles. The van der Waals surface area contributed by atoms with Crippen LogP contribution in [0, 0.1) is 0 Å². The molecular formula is C24H26N2O6S. The number of ether oxygens (including phenoxy) is 1. The first-order valence-corrected chi connectivity index (χ1v) is 12.0. The molecule has 4 rings (SSSR count). The number of benzene rings is 2. The molecule has 2 aliphatic rings. The molecule has 0 radical (unpaired) electrons. The summed E-state index contributed by atoms with van der Waals surface area (Å²) < 4.78 is 5.47. The molecule has 33 heavy (non-hydrogen) atoms. The Hall–Kier alpha value is -3.04. The Morgan fingerprint density at radius 2 is 1.70 bits per heavy atom. The number of hydrogen-bond donors (Lipinski definition) is 3. The van der Waals surface area contributed by atoms with Gasteiger partial charge in [-0.15, -0.1) is 0 Å². The first-order chi connectivity index (χ1) is 16.0. The van der Waals surface area contributed by atoms with Gasteiger partial charge in [-0.3, -0.25) is 4.79 Å². The summed E-state index contributed by atoms with van der Waals surface area (Å²) >= 11 is 1.29. The van der Waals surface area contributed by atoms with Crippen LogP contribution < -0.4 is 5.32 Å². The van der Waals surface area contributed by atoms with Gasteiger partial charge in [0.1, 0.15) is 12.6 Å². The van der Waals surface area contributed by atoms with E-state index in [9.17, 15) is 24.6 Å². The van der Waals surface area contributed by atoms with Crippen molar-refractivity contribution in [3.8, 4) is 11.1 Å². The van der Waals surface area contributed by atoms with E-state index in [1.54, 1.807) is 0 Å². The highest BCUT2D eigenvalue weighted by atomic mass is 32.2. The molecule has 1 fully saturated rings. The summed E-state index contributed by atoms with van der Waals surface area (Å²) in [5.74, 6) is -0.882. The molecule has 1 heterocycles. The van der Waals surface area contributed by atoms with Gasteiger partial charge in [-0.25, -0.2) is 9.59 Å². The molecule has 1 aliphatic heterocycles. The number of aliphatic carboxylic acids is 1. The van der Waals surface area contributed by atoms with E-state index in [-0.39, 0.29) is 37.2 Å². The van der Waals surface area contributed by atoms with E-state index in [0.29, 0.717) is 12.3 Å². The molecule has 2 atom stereocenters. The SMILES string of the molecule is O=C(NCCSCC(=O)N1C[C@@H](O)C[C@H]1C(=O)O)OCC1c2ccccc2-c2ccccc21. The van der Waals surface area contributed by atoms with Gasteiger partial charge in [0.15, 0.2) is 0 Å². The van der Waals surface area contributed by atoms with Crippen molar-refractivity contribution in [1.82, 2.24) is 10.2 Å². The minimum Gasteiger partial charge on any atom is -0.480 e. The number of carbonyl (C=O) groups is 3. The Labute approximate surface area is 195 Å². The van der Waals surface area contributed by atoms with Gasteiger partial charge in [0.25, 0.3) is 0 Å². The van der Waals surface area contributed by atoms with E-state index in [4.69, 9.17) is 4.74 Å². The summed E-state index contributed by atoms with van der Waals surface area (Å²) in [6, 6.07) is 15.3.